The normalized spacial score (nSPS) is 11.1. The molecule has 4 rings (SSSR count). The molecule has 0 atom stereocenters. The first-order chi connectivity index (χ1) is 11.7. The fraction of sp³-hybridized carbons (Fsp3) is 0.105. The fourth-order valence-corrected chi connectivity index (χ4v) is 2.90. The van der Waals surface area contributed by atoms with Gasteiger partial charge in [-0.05, 0) is 30.3 Å². The molecule has 0 unspecified atom stereocenters. The second-order valence-electron chi connectivity index (χ2n) is 5.71. The maximum Gasteiger partial charge on any atom is 0.123 e. The van der Waals surface area contributed by atoms with Gasteiger partial charge in [0, 0.05) is 53.9 Å². The molecule has 0 bridgehead atoms. The van der Waals surface area contributed by atoms with E-state index in [4.69, 9.17) is 0 Å². The van der Waals surface area contributed by atoms with Crippen LogP contribution in [0.5, 0.6) is 0 Å². The van der Waals surface area contributed by atoms with Gasteiger partial charge in [0.15, 0.2) is 0 Å². The smallest absolute Gasteiger partial charge is 0.123 e. The van der Waals surface area contributed by atoms with Crippen molar-refractivity contribution in [2.24, 2.45) is 7.05 Å². The number of hydrogen-bond acceptors (Lipinski definition) is 3. The Morgan fingerprint density at radius 1 is 1.04 bits per heavy atom. The van der Waals surface area contributed by atoms with Crippen LogP contribution in [-0.4, -0.2) is 19.5 Å². The van der Waals surface area contributed by atoms with Crippen LogP contribution in [0.1, 0.15) is 11.4 Å². The minimum absolute atomic E-state index is 0.236. The highest BCUT2D eigenvalue weighted by Crippen LogP contribution is 2.27. The Morgan fingerprint density at radius 3 is 2.75 bits per heavy atom. The van der Waals surface area contributed by atoms with Crippen molar-refractivity contribution < 1.29 is 4.39 Å². The number of fused-ring (bicyclic) bond motifs is 1. The third kappa shape index (κ3) is 2.65. The van der Waals surface area contributed by atoms with Crippen LogP contribution in [0.4, 0.5) is 4.39 Å². The first kappa shape index (κ1) is 14.5. The highest BCUT2D eigenvalue weighted by atomic mass is 19.1. The molecule has 4 nitrogen and oxygen atoms in total. The van der Waals surface area contributed by atoms with E-state index in [1.165, 1.54) is 6.07 Å². The topological polar surface area (TPSA) is 43.6 Å². The lowest BCUT2D eigenvalue weighted by Crippen LogP contribution is -1.97. The lowest BCUT2D eigenvalue weighted by molar-refractivity contribution is 0.628. The summed E-state index contributed by atoms with van der Waals surface area (Å²) >= 11 is 0. The van der Waals surface area contributed by atoms with Crippen molar-refractivity contribution in [1.29, 1.82) is 0 Å². The molecule has 118 valence electrons. The first-order valence-corrected chi connectivity index (χ1v) is 7.66. The summed E-state index contributed by atoms with van der Waals surface area (Å²) < 4.78 is 15.6. The molecule has 0 radical (unpaired) electrons. The zero-order chi connectivity index (χ0) is 16.5. The molecule has 5 heteroatoms. The van der Waals surface area contributed by atoms with Gasteiger partial charge in [-0.15, -0.1) is 0 Å². The summed E-state index contributed by atoms with van der Waals surface area (Å²) in [6.45, 7) is 0. The third-order valence-corrected chi connectivity index (χ3v) is 4.11. The second kappa shape index (κ2) is 5.85. The molecule has 0 aliphatic heterocycles. The first-order valence-electron chi connectivity index (χ1n) is 7.66. The van der Waals surface area contributed by atoms with Gasteiger partial charge in [0.25, 0.3) is 0 Å². The molecule has 0 amide bonds. The van der Waals surface area contributed by atoms with Crippen molar-refractivity contribution in [3.05, 3.63) is 78.4 Å². The third-order valence-electron chi connectivity index (χ3n) is 4.11. The predicted octanol–water partition coefficient (Wildman–Crippen LogP) is 3.76. The summed E-state index contributed by atoms with van der Waals surface area (Å²) in [7, 11) is 1.98. The van der Waals surface area contributed by atoms with E-state index < -0.39 is 0 Å². The van der Waals surface area contributed by atoms with E-state index in [1.807, 2.05) is 31.4 Å². The Labute approximate surface area is 138 Å². The SMILES string of the molecule is Cn1c(-c2cccc(F)c2)cc2cnc(Cc3ccncn3)cc21. The second-order valence-corrected chi connectivity index (χ2v) is 5.71. The van der Waals surface area contributed by atoms with Crippen LogP contribution >= 0.6 is 0 Å². The van der Waals surface area contributed by atoms with Crippen LogP contribution in [0, 0.1) is 5.82 Å². The highest BCUT2D eigenvalue weighted by Gasteiger charge is 2.10. The van der Waals surface area contributed by atoms with Crippen LogP contribution in [0.15, 0.2) is 61.2 Å². The van der Waals surface area contributed by atoms with Gasteiger partial charge in [-0.2, -0.15) is 0 Å². The monoisotopic (exact) mass is 318 g/mol. The molecule has 0 spiro atoms. The van der Waals surface area contributed by atoms with E-state index in [0.717, 1.165) is 33.5 Å². The number of aromatic nitrogens is 4. The summed E-state index contributed by atoms with van der Waals surface area (Å²) in [5, 5.41) is 1.03. The zero-order valence-electron chi connectivity index (χ0n) is 13.1. The van der Waals surface area contributed by atoms with Crippen LogP contribution in [0.25, 0.3) is 22.2 Å². The predicted molar refractivity (Wildman–Crippen MR) is 90.9 cm³/mol. The minimum atomic E-state index is -0.236. The van der Waals surface area contributed by atoms with Crippen molar-refractivity contribution in [2.75, 3.05) is 0 Å². The average molecular weight is 318 g/mol. The van der Waals surface area contributed by atoms with Crippen molar-refractivity contribution in [3.8, 4) is 11.3 Å². The fourth-order valence-electron chi connectivity index (χ4n) is 2.90. The molecule has 0 saturated heterocycles. The van der Waals surface area contributed by atoms with Crippen LogP contribution < -0.4 is 0 Å². The number of rotatable bonds is 3. The standard InChI is InChI=1S/C19H15FN4/c1-24-18(13-3-2-4-15(20)7-13)8-14-11-22-17(10-19(14)24)9-16-5-6-21-12-23-16/h2-8,10-12H,9H2,1H3. The minimum Gasteiger partial charge on any atom is -0.344 e. The van der Waals surface area contributed by atoms with E-state index >= 15 is 0 Å². The lowest BCUT2D eigenvalue weighted by atomic mass is 10.1. The molecule has 0 N–H and O–H groups in total. The van der Waals surface area contributed by atoms with Crippen molar-refractivity contribution in [1.82, 2.24) is 19.5 Å². The molecular formula is C19H15FN4. The summed E-state index contributed by atoms with van der Waals surface area (Å²) in [5.41, 5.74) is 4.74. The molecule has 0 aliphatic carbocycles. The Hall–Kier alpha value is -3.08. The quantitative estimate of drug-likeness (QED) is 0.578. The van der Waals surface area contributed by atoms with Gasteiger partial charge in [0.1, 0.15) is 12.1 Å². The molecule has 3 heterocycles. The van der Waals surface area contributed by atoms with Gasteiger partial charge in [-0.25, -0.2) is 14.4 Å². The number of halogens is 1. The summed E-state index contributed by atoms with van der Waals surface area (Å²) in [6.07, 6.45) is 5.78. The molecule has 0 saturated carbocycles. The summed E-state index contributed by atoms with van der Waals surface area (Å²) in [6, 6.07) is 12.6. The Kier molecular flexibility index (Phi) is 3.54. The zero-order valence-corrected chi connectivity index (χ0v) is 13.1. The maximum absolute atomic E-state index is 13.5. The molecule has 0 aliphatic rings. The maximum atomic E-state index is 13.5. The van der Waals surface area contributed by atoms with Gasteiger partial charge in [0.05, 0.1) is 5.52 Å². The van der Waals surface area contributed by atoms with Gasteiger partial charge in [-0.1, -0.05) is 12.1 Å². The number of pyridine rings is 1. The molecule has 4 aromatic rings. The van der Waals surface area contributed by atoms with Crippen LogP contribution in [-0.2, 0) is 13.5 Å². The molecule has 24 heavy (non-hydrogen) atoms. The molecular weight excluding hydrogens is 303 g/mol. The Morgan fingerprint density at radius 2 is 1.96 bits per heavy atom. The molecule has 0 fully saturated rings. The lowest BCUT2D eigenvalue weighted by Gasteiger charge is -2.05. The van der Waals surface area contributed by atoms with Gasteiger partial charge in [-0.3, -0.25) is 4.98 Å². The largest absolute Gasteiger partial charge is 0.344 e. The Balaban J connectivity index is 1.76. The highest BCUT2D eigenvalue weighted by molar-refractivity contribution is 5.86. The van der Waals surface area contributed by atoms with Crippen molar-refractivity contribution in [2.45, 2.75) is 6.42 Å². The van der Waals surface area contributed by atoms with Crippen LogP contribution in [0.3, 0.4) is 0 Å². The molecule has 3 aromatic heterocycles. The van der Waals surface area contributed by atoms with E-state index in [2.05, 4.69) is 25.6 Å². The molecule has 1 aromatic carbocycles. The van der Waals surface area contributed by atoms with Gasteiger partial charge in [0.2, 0.25) is 0 Å². The van der Waals surface area contributed by atoms with Gasteiger partial charge >= 0.3 is 0 Å². The Bertz CT molecular complexity index is 1010. The number of nitrogens with zero attached hydrogens (tertiary/aromatic N) is 4. The van der Waals surface area contributed by atoms with Gasteiger partial charge < -0.3 is 4.57 Å². The van der Waals surface area contributed by atoms with E-state index in [0.29, 0.717) is 6.42 Å². The summed E-state index contributed by atoms with van der Waals surface area (Å²) in [5.74, 6) is -0.236. The van der Waals surface area contributed by atoms with E-state index in [9.17, 15) is 4.39 Å². The van der Waals surface area contributed by atoms with Crippen molar-refractivity contribution >= 4 is 10.9 Å². The number of hydrogen-bond donors (Lipinski definition) is 0. The van der Waals surface area contributed by atoms with Crippen LogP contribution in [0.2, 0.25) is 0 Å². The van der Waals surface area contributed by atoms with Crippen molar-refractivity contribution in [3.63, 3.8) is 0 Å². The number of aryl methyl sites for hydroxylation is 1. The van der Waals surface area contributed by atoms with E-state index in [-0.39, 0.29) is 5.82 Å². The summed E-state index contributed by atoms with van der Waals surface area (Å²) in [4.78, 5) is 12.7. The van der Waals surface area contributed by atoms with E-state index in [1.54, 1.807) is 24.7 Å². The average Bonchev–Trinajstić information content (AvgIpc) is 2.93. The number of benzene rings is 1.